The lowest BCUT2D eigenvalue weighted by atomic mass is 9.45. The van der Waals surface area contributed by atoms with Gasteiger partial charge in [-0.15, -0.1) is 11.3 Å². The van der Waals surface area contributed by atoms with E-state index in [4.69, 9.17) is 4.98 Å². The molecule has 3 aliphatic carbocycles. The van der Waals surface area contributed by atoms with Gasteiger partial charge in [0, 0.05) is 23.2 Å². The van der Waals surface area contributed by atoms with Gasteiger partial charge in [-0.3, -0.25) is 4.72 Å². The monoisotopic (exact) mass is 675 g/mol. The number of anilines is 2. The van der Waals surface area contributed by atoms with E-state index in [9.17, 15) is 25.6 Å². The fraction of sp³-hybridized carbons (Fsp3) is 0.367. The molecule has 0 radical (unpaired) electrons. The van der Waals surface area contributed by atoms with Crippen molar-refractivity contribution in [2.24, 2.45) is 5.92 Å². The van der Waals surface area contributed by atoms with Gasteiger partial charge in [0.2, 0.25) is 5.95 Å². The number of hydrogen-bond donors (Lipinski definition) is 2. The molecule has 2 aromatic heterocycles. The zero-order valence-electron chi connectivity index (χ0n) is 23.9. The van der Waals surface area contributed by atoms with Gasteiger partial charge < -0.3 is 5.32 Å². The summed E-state index contributed by atoms with van der Waals surface area (Å²) in [6, 6.07) is 8.24. The summed E-state index contributed by atoms with van der Waals surface area (Å²) in [5.41, 5.74) is 0.156. The molecule has 0 amide bonds. The maximum Gasteiger partial charge on any atom is 0.267 e. The van der Waals surface area contributed by atoms with Gasteiger partial charge in [0.05, 0.1) is 33.0 Å². The van der Waals surface area contributed by atoms with Gasteiger partial charge in [-0.1, -0.05) is 12.1 Å². The van der Waals surface area contributed by atoms with Crippen LogP contribution in [0.5, 0.6) is 0 Å². The standard InChI is InChI=1S/C30H28F3N5O4S3/c1-16-12-18(9-11-44(16,39)40)35-29-34-10-8-23(36-29)26-25(37-28(43-26)30-13-17(14-30)15-30)19-4-2-7-22(24(19)33)38-45(41,42)27-20(31)5-3-6-21(27)32/h2-8,10,16-18,38H,9,11-15H2,1H3,(H,34,35,36). The van der Waals surface area contributed by atoms with Gasteiger partial charge in [-0.2, -0.15) is 0 Å². The van der Waals surface area contributed by atoms with E-state index in [0.29, 0.717) is 35.3 Å². The molecule has 4 fully saturated rings. The molecule has 0 spiro atoms. The molecule has 2 bridgehead atoms. The number of rotatable bonds is 8. The van der Waals surface area contributed by atoms with Gasteiger partial charge >= 0.3 is 0 Å². The normalized spacial score (nSPS) is 25.2. The first-order valence-corrected chi connectivity index (χ1v) is 18.5. The maximum atomic E-state index is 16.2. The molecule has 1 saturated heterocycles. The SMILES string of the molecule is CC1CC(Nc2nccc(-c3sc(C45CC(C4)C5)nc3-c3cccc(NS(=O)(=O)c4c(F)cccc4F)c3F)n2)CCS1(=O)=O. The van der Waals surface area contributed by atoms with Gasteiger partial charge in [-0.25, -0.2) is 45.0 Å². The Hall–Kier alpha value is -3.56. The second kappa shape index (κ2) is 10.8. The Morgan fingerprint density at radius 2 is 1.71 bits per heavy atom. The van der Waals surface area contributed by atoms with Crippen molar-refractivity contribution in [2.45, 2.75) is 60.6 Å². The molecule has 15 heteroatoms. The molecule has 4 aromatic rings. The number of nitrogens with zero attached hydrogens (tertiary/aromatic N) is 3. The number of nitrogens with one attached hydrogen (secondary N) is 2. The Balaban J connectivity index is 1.25. The van der Waals surface area contributed by atoms with Crippen LogP contribution < -0.4 is 10.0 Å². The lowest BCUT2D eigenvalue weighted by Gasteiger charge is -2.60. The number of sulfonamides is 1. The molecule has 3 heterocycles. The van der Waals surface area contributed by atoms with Crippen molar-refractivity contribution in [3.8, 4) is 21.8 Å². The van der Waals surface area contributed by atoms with E-state index in [1.54, 1.807) is 19.2 Å². The number of hydrogen-bond acceptors (Lipinski definition) is 9. The van der Waals surface area contributed by atoms with E-state index in [1.165, 1.54) is 29.5 Å². The van der Waals surface area contributed by atoms with Crippen molar-refractivity contribution >= 4 is 42.8 Å². The first-order valence-electron chi connectivity index (χ1n) is 14.4. The van der Waals surface area contributed by atoms with Crippen LogP contribution in [0.1, 0.15) is 44.0 Å². The van der Waals surface area contributed by atoms with Crippen LogP contribution in [0.25, 0.3) is 21.8 Å². The van der Waals surface area contributed by atoms with Crippen molar-refractivity contribution < 1.29 is 30.0 Å². The van der Waals surface area contributed by atoms with E-state index in [-0.39, 0.29) is 28.5 Å². The molecule has 2 atom stereocenters. The molecular weight excluding hydrogens is 648 g/mol. The molecule has 4 aliphatic rings. The number of aromatic nitrogens is 3. The van der Waals surface area contributed by atoms with Gasteiger partial charge in [-0.05, 0) is 75.3 Å². The highest BCUT2D eigenvalue weighted by Crippen LogP contribution is 2.66. The summed E-state index contributed by atoms with van der Waals surface area (Å²) in [5.74, 6) is -2.55. The minimum Gasteiger partial charge on any atom is -0.351 e. The molecule has 236 valence electrons. The molecule has 3 saturated carbocycles. The molecule has 8 rings (SSSR count). The van der Waals surface area contributed by atoms with Crippen molar-refractivity contribution in [1.29, 1.82) is 0 Å². The van der Waals surface area contributed by atoms with Crippen molar-refractivity contribution in [2.75, 3.05) is 15.8 Å². The van der Waals surface area contributed by atoms with Crippen LogP contribution in [0.2, 0.25) is 0 Å². The Bertz CT molecular complexity index is 2020. The van der Waals surface area contributed by atoms with Gasteiger partial charge in [0.15, 0.2) is 20.5 Å². The second-order valence-corrected chi connectivity index (χ2v) is 17.2. The van der Waals surface area contributed by atoms with E-state index < -0.39 is 53.1 Å². The first-order chi connectivity index (χ1) is 21.3. The predicted molar refractivity (Wildman–Crippen MR) is 165 cm³/mol. The van der Waals surface area contributed by atoms with Crippen molar-refractivity contribution in [3.63, 3.8) is 0 Å². The van der Waals surface area contributed by atoms with Crippen molar-refractivity contribution in [1.82, 2.24) is 15.0 Å². The van der Waals surface area contributed by atoms with Crippen LogP contribution in [0.15, 0.2) is 53.6 Å². The molecule has 45 heavy (non-hydrogen) atoms. The topological polar surface area (TPSA) is 131 Å². The third-order valence-corrected chi connectivity index (χ3v) is 14.0. The first kappa shape index (κ1) is 30.1. The third kappa shape index (κ3) is 5.27. The van der Waals surface area contributed by atoms with Crippen molar-refractivity contribution in [3.05, 3.63) is 71.1 Å². The van der Waals surface area contributed by atoms with Crippen LogP contribution in [0.4, 0.5) is 24.8 Å². The fourth-order valence-electron chi connectivity index (χ4n) is 6.41. The Labute approximate surface area is 262 Å². The largest absolute Gasteiger partial charge is 0.351 e. The van der Waals surface area contributed by atoms with Crippen LogP contribution in [0, 0.1) is 23.4 Å². The minimum atomic E-state index is -4.82. The summed E-state index contributed by atoms with van der Waals surface area (Å²) < 4.78 is 97.0. The zero-order valence-corrected chi connectivity index (χ0v) is 26.4. The Morgan fingerprint density at radius 3 is 2.38 bits per heavy atom. The third-order valence-electron chi connectivity index (χ3n) is 9.01. The van der Waals surface area contributed by atoms with Crippen LogP contribution in [0.3, 0.4) is 0 Å². The number of halogens is 3. The second-order valence-electron chi connectivity index (χ2n) is 12.1. The van der Waals surface area contributed by atoms with E-state index in [1.807, 2.05) is 4.72 Å². The lowest BCUT2D eigenvalue weighted by molar-refractivity contribution is -0.0274. The summed E-state index contributed by atoms with van der Waals surface area (Å²) in [6.45, 7) is 1.69. The summed E-state index contributed by atoms with van der Waals surface area (Å²) in [7, 11) is -7.94. The van der Waals surface area contributed by atoms with E-state index >= 15 is 4.39 Å². The number of benzene rings is 2. The van der Waals surface area contributed by atoms with Crippen LogP contribution in [-0.4, -0.2) is 48.8 Å². The lowest BCUT2D eigenvalue weighted by Crippen LogP contribution is -2.55. The molecule has 2 unspecified atom stereocenters. The zero-order chi connectivity index (χ0) is 31.7. The quantitative estimate of drug-likeness (QED) is 0.236. The fourth-order valence-corrected chi connectivity index (χ4v) is 10.4. The number of sulfone groups is 1. The molecule has 2 aromatic carbocycles. The van der Waals surface area contributed by atoms with E-state index in [2.05, 4.69) is 15.3 Å². The minimum absolute atomic E-state index is 0.00673. The summed E-state index contributed by atoms with van der Waals surface area (Å²) in [5, 5.41) is 3.60. The van der Waals surface area contributed by atoms with Crippen LogP contribution >= 0.6 is 11.3 Å². The molecule has 2 N–H and O–H groups in total. The van der Waals surface area contributed by atoms with Crippen LogP contribution in [-0.2, 0) is 25.3 Å². The highest BCUT2D eigenvalue weighted by atomic mass is 32.2. The Morgan fingerprint density at radius 1 is 1.00 bits per heavy atom. The highest BCUT2D eigenvalue weighted by molar-refractivity contribution is 7.92. The molecule has 9 nitrogen and oxygen atoms in total. The average Bonchev–Trinajstić information content (AvgIpc) is 3.35. The average molecular weight is 676 g/mol. The van der Waals surface area contributed by atoms with Gasteiger partial charge in [0.1, 0.15) is 16.6 Å². The Kier molecular flexibility index (Phi) is 7.20. The smallest absolute Gasteiger partial charge is 0.267 e. The predicted octanol–water partition coefficient (Wildman–Crippen LogP) is 5.91. The summed E-state index contributed by atoms with van der Waals surface area (Å²) in [4.78, 5) is 13.2. The molecular formula is C30H28F3N5O4S3. The summed E-state index contributed by atoms with van der Waals surface area (Å²) in [6.07, 6.45) is 5.38. The maximum absolute atomic E-state index is 16.2. The number of thiazole rings is 1. The van der Waals surface area contributed by atoms with Gasteiger partial charge in [0.25, 0.3) is 10.0 Å². The summed E-state index contributed by atoms with van der Waals surface area (Å²) >= 11 is 1.40. The highest BCUT2D eigenvalue weighted by Gasteiger charge is 2.59. The van der Waals surface area contributed by atoms with E-state index in [0.717, 1.165) is 42.5 Å². The molecule has 1 aliphatic heterocycles.